The van der Waals surface area contributed by atoms with E-state index in [0.29, 0.717) is 6.54 Å². The second-order valence-corrected chi connectivity index (χ2v) is 4.14. The van der Waals surface area contributed by atoms with Gasteiger partial charge in [-0.25, -0.2) is 4.39 Å². The molecule has 0 heterocycles. The van der Waals surface area contributed by atoms with Crippen molar-refractivity contribution in [2.24, 2.45) is 0 Å². The predicted octanol–water partition coefficient (Wildman–Crippen LogP) is 3.76. The summed E-state index contributed by atoms with van der Waals surface area (Å²) in [5, 5.41) is 3.18. The maximum Gasteiger partial charge on any atom is 0.200 e. The highest BCUT2D eigenvalue weighted by atomic mass is 19.2. The minimum absolute atomic E-state index is 0.0633. The molecule has 0 aliphatic rings. The number of rotatable bonds is 5. The Balaban J connectivity index is 1.84. The van der Waals surface area contributed by atoms with Gasteiger partial charge in [-0.3, -0.25) is 0 Å². The number of anilines is 1. The molecule has 0 amide bonds. The maximum atomic E-state index is 13.3. The third-order valence-electron chi connectivity index (χ3n) is 2.74. The first-order valence-corrected chi connectivity index (χ1v) is 6.05. The summed E-state index contributed by atoms with van der Waals surface area (Å²) in [6.45, 7) is 2.77. The van der Waals surface area contributed by atoms with E-state index in [9.17, 15) is 8.78 Å². The quantitative estimate of drug-likeness (QED) is 0.829. The lowest BCUT2D eigenvalue weighted by Gasteiger charge is -2.11. The van der Waals surface area contributed by atoms with Crippen molar-refractivity contribution in [3.05, 3.63) is 59.7 Å². The van der Waals surface area contributed by atoms with Crippen molar-refractivity contribution >= 4 is 5.69 Å². The van der Waals surface area contributed by atoms with Gasteiger partial charge in [-0.05, 0) is 30.7 Å². The lowest BCUT2D eigenvalue weighted by Crippen LogP contribution is -2.12. The van der Waals surface area contributed by atoms with Gasteiger partial charge in [-0.15, -0.1) is 0 Å². The predicted molar refractivity (Wildman–Crippen MR) is 71.5 cm³/mol. The number of aryl methyl sites for hydroxylation is 1. The summed E-state index contributed by atoms with van der Waals surface area (Å²) in [4.78, 5) is 0. The summed E-state index contributed by atoms with van der Waals surface area (Å²) in [5.41, 5.74) is 2.13. The molecule has 0 unspecified atom stereocenters. The van der Waals surface area contributed by atoms with E-state index < -0.39 is 11.6 Å². The fourth-order valence-corrected chi connectivity index (χ4v) is 1.71. The van der Waals surface area contributed by atoms with Crippen LogP contribution in [0.4, 0.5) is 14.5 Å². The first kappa shape index (κ1) is 13.3. The third-order valence-corrected chi connectivity index (χ3v) is 2.74. The van der Waals surface area contributed by atoms with Gasteiger partial charge in [0.2, 0.25) is 5.82 Å². The second-order valence-electron chi connectivity index (χ2n) is 4.14. The Bertz CT molecular complexity index is 558. The first-order chi connectivity index (χ1) is 9.18. The number of benzene rings is 2. The number of halogens is 2. The van der Waals surface area contributed by atoms with Crippen LogP contribution >= 0.6 is 0 Å². The topological polar surface area (TPSA) is 21.3 Å². The average Bonchev–Trinajstić information content (AvgIpc) is 2.41. The molecular formula is C15H15F2NO. The molecule has 2 nitrogen and oxygen atoms in total. The van der Waals surface area contributed by atoms with Crippen LogP contribution in [0.2, 0.25) is 0 Å². The second kappa shape index (κ2) is 6.18. The van der Waals surface area contributed by atoms with Crippen LogP contribution in [0.1, 0.15) is 5.56 Å². The minimum Gasteiger partial charge on any atom is -0.489 e. The molecule has 2 aromatic carbocycles. The van der Waals surface area contributed by atoms with Gasteiger partial charge >= 0.3 is 0 Å². The molecule has 0 aliphatic carbocycles. The van der Waals surface area contributed by atoms with Crippen LogP contribution < -0.4 is 10.1 Å². The number of hydrogen-bond donors (Lipinski definition) is 1. The number of para-hydroxylation sites is 1. The summed E-state index contributed by atoms with van der Waals surface area (Å²) < 4.78 is 31.4. The molecule has 0 spiro atoms. The molecule has 0 fully saturated rings. The van der Waals surface area contributed by atoms with Crippen LogP contribution in [-0.4, -0.2) is 13.2 Å². The van der Waals surface area contributed by atoms with Crippen LogP contribution in [0.15, 0.2) is 42.5 Å². The molecular weight excluding hydrogens is 248 g/mol. The Morgan fingerprint density at radius 1 is 1.05 bits per heavy atom. The molecule has 0 aliphatic heterocycles. The van der Waals surface area contributed by atoms with Crippen LogP contribution in [0.5, 0.6) is 5.75 Å². The van der Waals surface area contributed by atoms with E-state index in [1.807, 2.05) is 31.2 Å². The zero-order chi connectivity index (χ0) is 13.7. The van der Waals surface area contributed by atoms with Crippen molar-refractivity contribution in [2.45, 2.75) is 6.92 Å². The van der Waals surface area contributed by atoms with Gasteiger partial charge in [-0.2, -0.15) is 4.39 Å². The van der Waals surface area contributed by atoms with E-state index >= 15 is 0 Å². The fourth-order valence-electron chi connectivity index (χ4n) is 1.71. The number of ether oxygens (including phenoxy) is 1. The molecule has 1 N–H and O–H groups in total. The van der Waals surface area contributed by atoms with Crippen molar-refractivity contribution in [1.29, 1.82) is 0 Å². The highest BCUT2D eigenvalue weighted by molar-refractivity contribution is 5.50. The molecule has 0 atom stereocenters. The van der Waals surface area contributed by atoms with E-state index in [0.717, 1.165) is 17.3 Å². The van der Waals surface area contributed by atoms with Crippen molar-refractivity contribution in [1.82, 2.24) is 0 Å². The molecule has 4 heteroatoms. The SMILES string of the molecule is Cc1ccccc1NCCOc1cccc(F)c1F. The van der Waals surface area contributed by atoms with Gasteiger partial charge in [0.25, 0.3) is 0 Å². The first-order valence-electron chi connectivity index (χ1n) is 6.05. The molecule has 2 rings (SSSR count). The average molecular weight is 263 g/mol. The van der Waals surface area contributed by atoms with Crippen LogP contribution in [0.3, 0.4) is 0 Å². The minimum atomic E-state index is -0.946. The smallest absolute Gasteiger partial charge is 0.200 e. The Labute approximate surface area is 111 Å². The van der Waals surface area contributed by atoms with E-state index in [1.165, 1.54) is 12.1 Å². The largest absolute Gasteiger partial charge is 0.489 e. The van der Waals surface area contributed by atoms with Crippen molar-refractivity contribution in [3.63, 3.8) is 0 Å². The lowest BCUT2D eigenvalue weighted by molar-refractivity contribution is 0.308. The monoisotopic (exact) mass is 263 g/mol. The molecule has 0 bridgehead atoms. The molecule has 2 aromatic rings. The lowest BCUT2D eigenvalue weighted by atomic mass is 10.2. The van der Waals surface area contributed by atoms with Gasteiger partial charge < -0.3 is 10.1 Å². The maximum absolute atomic E-state index is 13.3. The van der Waals surface area contributed by atoms with Gasteiger partial charge in [0, 0.05) is 12.2 Å². The Hall–Kier alpha value is -2.10. The normalized spacial score (nSPS) is 10.3. The number of hydrogen-bond acceptors (Lipinski definition) is 2. The Morgan fingerprint density at radius 2 is 1.84 bits per heavy atom. The number of nitrogens with one attached hydrogen (secondary N) is 1. The van der Waals surface area contributed by atoms with Gasteiger partial charge in [-0.1, -0.05) is 24.3 Å². The Morgan fingerprint density at radius 3 is 2.63 bits per heavy atom. The molecule has 0 saturated heterocycles. The fraction of sp³-hybridized carbons (Fsp3) is 0.200. The zero-order valence-electron chi connectivity index (χ0n) is 10.6. The molecule has 0 radical (unpaired) electrons. The van der Waals surface area contributed by atoms with Gasteiger partial charge in [0.1, 0.15) is 6.61 Å². The standard InChI is InChI=1S/C15H15F2NO/c1-11-5-2-3-7-13(11)18-9-10-19-14-8-4-6-12(16)15(14)17/h2-8,18H,9-10H2,1H3. The van der Waals surface area contributed by atoms with Crippen LogP contribution in [-0.2, 0) is 0 Å². The third kappa shape index (κ3) is 3.44. The molecule has 0 saturated carbocycles. The molecule has 0 aromatic heterocycles. The van der Waals surface area contributed by atoms with Gasteiger partial charge in [0.15, 0.2) is 11.6 Å². The highest BCUT2D eigenvalue weighted by Crippen LogP contribution is 2.19. The zero-order valence-corrected chi connectivity index (χ0v) is 10.6. The van der Waals surface area contributed by atoms with E-state index in [2.05, 4.69) is 5.32 Å². The summed E-state index contributed by atoms with van der Waals surface area (Å²) >= 11 is 0. The van der Waals surface area contributed by atoms with Crippen molar-refractivity contribution < 1.29 is 13.5 Å². The van der Waals surface area contributed by atoms with Gasteiger partial charge in [0.05, 0.1) is 0 Å². The summed E-state index contributed by atoms with van der Waals surface area (Å²) in [6.07, 6.45) is 0. The highest BCUT2D eigenvalue weighted by Gasteiger charge is 2.08. The van der Waals surface area contributed by atoms with E-state index in [1.54, 1.807) is 0 Å². The van der Waals surface area contributed by atoms with Crippen molar-refractivity contribution in [2.75, 3.05) is 18.5 Å². The van der Waals surface area contributed by atoms with E-state index in [-0.39, 0.29) is 12.4 Å². The summed E-state index contributed by atoms with van der Waals surface area (Å²) in [5.74, 6) is -1.91. The van der Waals surface area contributed by atoms with E-state index in [4.69, 9.17) is 4.74 Å². The van der Waals surface area contributed by atoms with Crippen molar-refractivity contribution in [3.8, 4) is 5.75 Å². The van der Waals surface area contributed by atoms with Crippen LogP contribution in [0.25, 0.3) is 0 Å². The summed E-state index contributed by atoms with van der Waals surface area (Å²) in [6, 6.07) is 11.7. The van der Waals surface area contributed by atoms with Crippen LogP contribution in [0, 0.1) is 18.6 Å². The molecule has 19 heavy (non-hydrogen) atoms. The Kier molecular flexibility index (Phi) is 4.34. The summed E-state index contributed by atoms with van der Waals surface area (Å²) in [7, 11) is 0. The molecule has 100 valence electrons.